The molecule has 0 atom stereocenters. The van der Waals surface area contributed by atoms with E-state index in [1.165, 1.54) is 12.3 Å². The molecule has 0 aliphatic carbocycles. The molecule has 0 saturated heterocycles. The summed E-state index contributed by atoms with van der Waals surface area (Å²) >= 11 is 8.69. The first-order chi connectivity index (χ1) is 8.56. The standard InChI is InChI=1S/C12H7BrClF2NO/c13-8-3-9(15)12(16)10(4-8)18-6-7-1-2-11(14)17-5-7/h1-5H,6H2. The lowest BCUT2D eigenvalue weighted by Gasteiger charge is -2.08. The first-order valence-corrected chi connectivity index (χ1v) is 6.11. The molecule has 2 aromatic rings. The summed E-state index contributed by atoms with van der Waals surface area (Å²) in [7, 11) is 0. The molecule has 1 heterocycles. The van der Waals surface area contributed by atoms with Crippen LogP contribution in [0.5, 0.6) is 5.75 Å². The quantitative estimate of drug-likeness (QED) is 0.615. The summed E-state index contributed by atoms with van der Waals surface area (Å²) in [6.07, 6.45) is 1.51. The maximum Gasteiger partial charge on any atom is 0.200 e. The molecule has 2 rings (SSSR count). The highest BCUT2D eigenvalue weighted by Crippen LogP contribution is 2.26. The predicted octanol–water partition coefficient (Wildman–Crippen LogP) is 4.35. The molecule has 0 N–H and O–H groups in total. The molecule has 2 nitrogen and oxygen atoms in total. The van der Waals surface area contributed by atoms with Crippen LogP contribution in [-0.4, -0.2) is 4.98 Å². The van der Waals surface area contributed by atoms with Gasteiger partial charge in [-0.2, -0.15) is 4.39 Å². The number of hydrogen-bond donors (Lipinski definition) is 0. The molecule has 0 aliphatic heterocycles. The SMILES string of the molecule is Fc1cc(Br)cc(OCc2ccc(Cl)nc2)c1F. The topological polar surface area (TPSA) is 22.1 Å². The van der Waals surface area contributed by atoms with Crippen LogP contribution in [0.25, 0.3) is 0 Å². The summed E-state index contributed by atoms with van der Waals surface area (Å²) in [6.45, 7) is 0.0803. The van der Waals surface area contributed by atoms with Gasteiger partial charge in [-0.05, 0) is 18.2 Å². The van der Waals surface area contributed by atoms with Crippen LogP contribution in [0.4, 0.5) is 8.78 Å². The van der Waals surface area contributed by atoms with Gasteiger partial charge in [0.1, 0.15) is 11.8 Å². The lowest BCUT2D eigenvalue weighted by atomic mass is 10.3. The summed E-state index contributed by atoms with van der Waals surface area (Å²) in [6, 6.07) is 5.69. The molecule has 0 saturated carbocycles. The number of pyridine rings is 1. The van der Waals surface area contributed by atoms with Crippen molar-refractivity contribution in [3.05, 3.63) is 57.3 Å². The minimum Gasteiger partial charge on any atom is -0.486 e. The molecule has 18 heavy (non-hydrogen) atoms. The van der Waals surface area contributed by atoms with E-state index in [1.807, 2.05) is 0 Å². The summed E-state index contributed by atoms with van der Waals surface area (Å²) in [5, 5.41) is 0.360. The highest BCUT2D eigenvalue weighted by Gasteiger charge is 2.11. The van der Waals surface area contributed by atoms with Crippen LogP contribution >= 0.6 is 27.5 Å². The number of nitrogens with zero attached hydrogens (tertiary/aromatic N) is 1. The lowest BCUT2D eigenvalue weighted by molar-refractivity contribution is 0.284. The highest BCUT2D eigenvalue weighted by atomic mass is 79.9. The van der Waals surface area contributed by atoms with E-state index in [2.05, 4.69) is 20.9 Å². The van der Waals surface area contributed by atoms with Gasteiger partial charge in [0.2, 0.25) is 5.82 Å². The molecule has 94 valence electrons. The van der Waals surface area contributed by atoms with Crippen molar-refractivity contribution in [1.82, 2.24) is 4.98 Å². The molecule has 0 radical (unpaired) electrons. The average Bonchev–Trinajstić information content (AvgIpc) is 2.34. The number of benzene rings is 1. The van der Waals surface area contributed by atoms with Crippen LogP contribution in [0, 0.1) is 11.6 Å². The van der Waals surface area contributed by atoms with Crippen LogP contribution in [0.1, 0.15) is 5.56 Å². The van der Waals surface area contributed by atoms with Gasteiger partial charge in [-0.25, -0.2) is 9.37 Å². The molecule has 0 amide bonds. The number of aromatic nitrogens is 1. The fraction of sp³-hybridized carbons (Fsp3) is 0.0833. The Bertz CT molecular complexity index is 563. The summed E-state index contributed by atoms with van der Waals surface area (Å²) < 4.78 is 32.1. The Morgan fingerprint density at radius 2 is 2.06 bits per heavy atom. The number of hydrogen-bond acceptors (Lipinski definition) is 2. The Hall–Kier alpha value is -1.20. The predicted molar refractivity (Wildman–Crippen MR) is 67.6 cm³/mol. The third kappa shape index (κ3) is 3.17. The minimum atomic E-state index is -1.01. The molecule has 0 spiro atoms. The van der Waals surface area contributed by atoms with Crippen LogP contribution in [0.3, 0.4) is 0 Å². The molecule has 0 bridgehead atoms. The van der Waals surface area contributed by atoms with E-state index in [9.17, 15) is 8.78 Å². The van der Waals surface area contributed by atoms with Gasteiger partial charge in [-0.15, -0.1) is 0 Å². The number of ether oxygens (including phenoxy) is 1. The normalized spacial score (nSPS) is 10.4. The van der Waals surface area contributed by atoms with Gasteiger partial charge < -0.3 is 4.74 Å². The molecule has 1 aromatic heterocycles. The Morgan fingerprint density at radius 3 is 2.72 bits per heavy atom. The van der Waals surface area contributed by atoms with Crippen LogP contribution < -0.4 is 4.74 Å². The molecule has 0 fully saturated rings. The lowest BCUT2D eigenvalue weighted by Crippen LogP contribution is -1.99. The van der Waals surface area contributed by atoms with Gasteiger partial charge in [0.25, 0.3) is 0 Å². The van der Waals surface area contributed by atoms with E-state index in [-0.39, 0.29) is 12.4 Å². The van der Waals surface area contributed by atoms with Gasteiger partial charge in [-0.3, -0.25) is 0 Å². The number of halogens is 4. The van der Waals surface area contributed by atoms with Crippen molar-refractivity contribution in [2.45, 2.75) is 6.61 Å². The fourth-order valence-electron chi connectivity index (χ4n) is 1.29. The Labute approximate surface area is 116 Å². The minimum absolute atomic E-state index is 0.0803. The highest BCUT2D eigenvalue weighted by molar-refractivity contribution is 9.10. The first-order valence-electron chi connectivity index (χ1n) is 4.94. The van der Waals surface area contributed by atoms with Crippen LogP contribution in [0.15, 0.2) is 34.9 Å². The molecule has 1 aromatic carbocycles. The van der Waals surface area contributed by atoms with Gasteiger partial charge in [0.05, 0.1) is 0 Å². The van der Waals surface area contributed by atoms with Crippen molar-refractivity contribution in [2.24, 2.45) is 0 Å². The monoisotopic (exact) mass is 333 g/mol. The maximum atomic E-state index is 13.4. The zero-order valence-corrected chi connectivity index (χ0v) is 11.3. The zero-order valence-electron chi connectivity index (χ0n) is 8.96. The van der Waals surface area contributed by atoms with Gasteiger partial charge in [-0.1, -0.05) is 33.6 Å². The van der Waals surface area contributed by atoms with Crippen molar-refractivity contribution >= 4 is 27.5 Å². The summed E-state index contributed by atoms with van der Waals surface area (Å²) in [5.41, 5.74) is 0.708. The average molecular weight is 335 g/mol. The van der Waals surface area contributed by atoms with E-state index in [4.69, 9.17) is 16.3 Å². The number of rotatable bonds is 3. The second-order valence-corrected chi connectivity index (χ2v) is 4.78. The Kier molecular flexibility index (Phi) is 4.14. The van der Waals surface area contributed by atoms with Crippen molar-refractivity contribution in [3.8, 4) is 5.75 Å². The van der Waals surface area contributed by atoms with Crippen LogP contribution in [0.2, 0.25) is 5.15 Å². The fourth-order valence-corrected chi connectivity index (χ4v) is 1.81. The van der Waals surface area contributed by atoms with Crippen LogP contribution in [-0.2, 0) is 6.61 Å². The third-order valence-electron chi connectivity index (χ3n) is 2.14. The van der Waals surface area contributed by atoms with E-state index in [0.29, 0.717) is 15.2 Å². The largest absolute Gasteiger partial charge is 0.486 e. The molecular formula is C12H7BrClF2NO. The van der Waals surface area contributed by atoms with Crippen molar-refractivity contribution in [3.63, 3.8) is 0 Å². The summed E-state index contributed by atoms with van der Waals surface area (Å²) in [5.74, 6) is -2.13. The van der Waals surface area contributed by atoms with E-state index in [1.54, 1.807) is 12.1 Å². The molecule has 0 aliphatic rings. The summed E-state index contributed by atoms with van der Waals surface area (Å²) in [4.78, 5) is 3.86. The van der Waals surface area contributed by atoms with E-state index < -0.39 is 11.6 Å². The first kappa shape index (κ1) is 13.2. The third-order valence-corrected chi connectivity index (χ3v) is 2.82. The van der Waals surface area contributed by atoms with Gasteiger partial charge in [0, 0.05) is 16.2 Å². The molecule has 0 unspecified atom stereocenters. The Morgan fingerprint density at radius 1 is 1.28 bits per heavy atom. The maximum absolute atomic E-state index is 13.4. The molecular weight excluding hydrogens is 327 g/mol. The van der Waals surface area contributed by atoms with Gasteiger partial charge in [0.15, 0.2) is 11.6 Å². The van der Waals surface area contributed by atoms with E-state index in [0.717, 1.165) is 6.07 Å². The second kappa shape index (κ2) is 5.63. The molecule has 6 heteroatoms. The van der Waals surface area contributed by atoms with Crippen molar-refractivity contribution in [1.29, 1.82) is 0 Å². The second-order valence-electron chi connectivity index (χ2n) is 3.48. The Balaban J connectivity index is 2.13. The smallest absolute Gasteiger partial charge is 0.200 e. The zero-order chi connectivity index (χ0) is 13.1. The van der Waals surface area contributed by atoms with Crippen molar-refractivity contribution < 1.29 is 13.5 Å². The van der Waals surface area contributed by atoms with Crippen molar-refractivity contribution in [2.75, 3.05) is 0 Å². The van der Waals surface area contributed by atoms with Gasteiger partial charge >= 0.3 is 0 Å². The van der Waals surface area contributed by atoms with E-state index >= 15 is 0 Å².